The Morgan fingerprint density at radius 1 is 1.05 bits per heavy atom. The van der Waals surface area contributed by atoms with E-state index in [1.807, 2.05) is 49.4 Å². The van der Waals surface area contributed by atoms with Gasteiger partial charge in [0.05, 0.1) is 11.3 Å². The highest BCUT2D eigenvalue weighted by Crippen LogP contribution is 2.31. The van der Waals surface area contributed by atoms with E-state index in [0.29, 0.717) is 10.6 Å². The summed E-state index contributed by atoms with van der Waals surface area (Å²) < 4.78 is 0. The Morgan fingerprint density at radius 2 is 1.84 bits per heavy atom. The number of fused-ring (bicyclic) bond motifs is 1. The molecular weight excluding hydrogens is 260 g/mol. The summed E-state index contributed by atoms with van der Waals surface area (Å²) in [5, 5.41) is 6.90. The van der Waals surface area contributed by atoms with Crippen LogP contribution in [-0.4, -0.2) is 5.91 Å². The Labute approximate surface area is 116 Å². The second-order valence-electron chi connectivity index (χ2n) is 4.57. The zero-order chi connectivity index (χ0) is 13.4. The third-order valence-electron chi connectivity index (χ3n) is 3.30. The highest BCUT2D eigenvalue weighted by molar-refractivity contribution is 6.31. The molecule has 0 radical (unpaired) electrons. The van der Waals surface area contributed by atoms with Crippen molar-refractivity contribution in [3.63, 3.8) is 0 Å². The average molecular weight is 273 g/mol. The number of amides is 1. The molecule has 96 valence electrons. The van der Waals surface area contributed by atoms with Gasteiger partial charge < -0.3 is 10.6 Å². The summed E-state index contributed by atoms with van der Waals surface area (Å²) >= 11 is 6.18. The molecule has 3 nitrogen and oxygen atoms in total. The van der Waals surface area contributed by atoms with Crippen molar-refractivity contribution < 1.29 is 4.79 Å². The molecule has 0 saturated heterocycles. The summed E-state index contributed by atoms with van der Waals surface area (Å²) in [6.45, 7) is 1.98. The van der Waals surface area contributed by atoms with Crippen molar-refractivity contribution >= 4 is 23.2 Å². The normalized spacial score (nSPS) is 17.4. The summed E-state index contributed by atoms with van der Waals surface area (Å²) in [5.74, 6) is -0.0811. The van der Waals surface area contributed by atoms with E-state index in [4.69, 9.17) is 11.6 Å². The van der Waals surface area contributed by atoms with Crippen LogP contribution in [0.1, 0.15) is 27.7 Å². The third kappa shape index (κ3) is 2.06. The number of nitrogens with one attached hydrogen (secondary N) is 2. The molecule has 0 bridgehead atoms. The summed E-state index contributed by atoms with van der Waals surface area (Å²) in [6.07, 6.45) is -0.296. The van der Waals surface area contributed by atoms with Crippen LogP contribution in [0.15, 0.2) is 42.5 Å². The number of anilines is 1. The topological polar surface area (TPSA) is 41.1 Å². The fourth-order valence-electron chi connectivity index (χ4n) is 2.30. The van der Waals surface area contributed by atoms with Gasteiger partial charge in [-0.2, -0.15) is 0 Å². The van der Waals surface area contributed by atoms with E-state index in [1.54, 1.807) is 0 Å². The Kier molecular flexibility index (Phi) is 2.91. The molecular formula is C15H13ClN2O. The number of halogens is 1. The molecule has 1 atom stereocenters. The standard InChI is InChI=1S/C15H13ClN2O/c1-9-5-4-7-11-13(9)17-14(18-15(11)19)10-6-2-3-8-12(10)16/h2-8,14,17H,1H3,(H,18,19). The van der Waals surface area contributed by atoms with Crippen LogP contribution in [0.5, 0.6) is 0 Å². The summed E-state index contributed by atoms with van der Waals surface area (Å²) in [4.78, 5) is 12.1. The van der Waals surface area contributed by atoms with Gasteiger partial charge in [0, 0.05) is 10.6 Å². The van der Waals surface area contributed by atoms with Crippen LogP contribution in [0.4, 0.5) is 5.69 Å². The molecule has 1 unspecified atom stereocenters. The number of carbonyl (C=O) groups is 1. The van der Waals surface area contributed by atoms with Crippen LogP contribution in [0.3, 0.4) is 0 Å². The van der Waals surface area contributed by atoms with Gasteiger partial charge in [0.2, 0.25) is 0 Å². The summed E-state index contributed by atoms with van der Waals surface area (Å²) in [5.41, 5.74) is 3.45. The van der Waals surface area contributed by atoms with Crippen LogP contribution >= 0.6 is 11.6 Å². The van der Waals surface area contributed by atoms with Crippen LogP contribution in [-0.2, 0) is 0 Å². The molecule has 1 amide bonds. The Morgan fingerprint density at radius 3 is 2.63 bits per heavy atom. The third-order valence-corrected chi connectivity index (χ3v) is 3.64. The first-order chi connectivity index (χ1) is 9.16. The van der Waals surface area contributed by atoms with Crippen molar-refractivity contribution in [2.45, 2.75) is 13.1 Å². The fourth-order valence-corrected chi connectivity index (χ4v) is 2.55. The Balaban J connectivity index is 2.04. The number of aryl methyl sites for hydroxylation is 1. The quantitative estimate of drug-likeness (QED) is 0.834. The molecule has 2 aromatic carbocycles. The molecule has 4 heteroatoms. The van der Waals surface area contributed by atoms with E-state index in [9.17, 15) is 4.79 Å². The first-order valence-corrected chi connectivity index (χ1v) is 6.46. The lowest BCUT2D eigenvalue weighted by Crippen LogP contribution is -2.38. The van der Waals surface area contributed by atoms with Gasteiger partial charge in [0.15, 0.2) is 0 Å². The summed E-state index contributed by atoms with van der Waals surface area (Å²) in [6, 6.07) is 13.2. The van der Waals surface area contributed by atoms with Gasteiger partial charge in [0.1, 0.15) is 6.17 Å². The van der Waals surface area contributed by atoms with Gasteiger partial charge in [-0.3, -0.25) is 4.79 Å². The lowest BCUT2D eigenvalue weighted by Gasteiger charge is -2.29. The number of hydrogen-bond donors (Lipinski definition) is 2. The average Bonchev–Trinajstić information content (AvgIpc) is 2.40. The minimum atomic E-state index is -0.296. The number of benzene rings is 2. The van der Waals surface area contributed by atoms with Crippen LogP contribution < -0.4 is 10.6 Å². The van der Waals surface area contributed by atoms with Crippen LogP contribution in [0.2, 0.25) is 5.02 Å². The van der Waals surface area contributed by atoms with E-state index in [1.165, 1.54) is 0 Å². The lowest BCUT2D eigenvalue weighted by atomic mass is 10.0. The van der Waals surface area contributed by atoms with E-state index in [0.717, 1.165) is 16.8 Å². The molecule has 3 rings (SSSR count). The zero-order valence-corrected chi connectivity index (χ0v) is 11.2. The highest BCUT2D eigenvalue weighted by Gasteiger charge is 2.26. The largest absolute Gasteiger partial charge is 0.361 e. The number of carbonyl (C=O) groups excluding carboxylic acids is 1. The molecule has 1 aliphatic heterocycles. The van der Waals surface area contributed by atoms with Crippen LogP contribution in [0.25, 0.3) is 0 Å². The van der Waals surface area contributed by atoms with Crippen LogP contribution in [0, 0.1) is 6.92 Å². The molecule has 1 aliphatic rings. The van der Waals surface area contributed by atoms with Crippen molar-refractivity contribution in [2.75, 3.05) is 5.32 Å². The predicted octanol–water partition coefficient (Wildman–Crippen LogP) is 3.50. The molecule has 0 spiro atoms. The summed E-state index contributed by atoms with van der Waals surface area (Å²) in [7, 11) is 0. The van der Waals surface area contributed by atoms with Crippen molar-refractivity contribution in [3.8, 4) is 0 Å². The van der Waals surface area contributed by atoms with Gasteiger partial charge >= 0.3 is 0 Å². The predicted molar refractivity (Wildman–Crippen MR) is 76.5 cm³/mol. The molecule has 0 aliphatic carbocycles. The van der Waals surface area contributed by atoms with E-state index >= 15 is 0 Å². The molecule has 1 heterocycles. The first kappa shape index (κ1) is 12.1. The molecule has 0 saturated carbocycles. The van der Waals surface area contributed by atoms with Crippen molar-refractivity contribution in [3.05, 3.63) is 64.2 Å². The monoisotopic (exact) mass is 272 g/mol. The Bertz CT molecular complexity index is 654. The highest BCUT2D eigenvalue weighted by atomic mass is 35.5. The van der Waals surface area contributed by atoms with Gasteiger partial charge in [0.25, 0.3) is 5.91 Å². The van der Waals surface area contributed by atoms with E-state index in [2.05, 4.69) is 10.6 Å². The first-order valence-electron chi connectivity index (χ1n) is 6.08. The Hall–Kier alpha value is -2.00. The molecule has 2 N–H and O–H groups in total. The van der Waals surface area contributed by atoms with Gasteiger partial charge in [-0.15, -0.1) is 0 Å². The number of rotatable bonds is 1. The SMILES string of the molecule is Cc1cccc2c1NC(c1ccccc1Cl)NC2=O. The molecule has 19 heavy (non-hydrogen) atoms. The second-order valence-corrected chi connectivity index (χ2v) is 4.98. The smallest absolute Gasteiger partial charge is 0.255 e. The van der Waals surface area contributed by atoms with Gasteiger partial charge in [-0.25, -0.2) is 0 Å². The second kappa shape index (κ2) is 4.59. The maximum absolute atomic E-state index is 12.1. The van der Waals surface area contributed by atoms with Crippen molar-refractivity contribution in [2.24, 2.45) is 0 Å². The number of hydrogen-bond acceptors (Lipinski definition) is 2. The minimum Gasteiger partial charge on any atom is -0.361 e. The molecule has 0 fully saturated rings. The van der Waals surface area contributed by atoms with Crippen molar-refractivity contribution in [1.82, 2.24) is 5.32 Å². The van der Waals surface area contributed by atoms with Gasteiger partial charge in [-0.05, 0) is 24.6 Å². The maximum Gasteiger partial charge on any atom is 0.255 e. The van der Waals surface area contributed by atoms with Crippen molar-refractivity contribution in [1.29, 1.82) is 0 Å². The van der Waals surface area contributed by atoms with Gasteiger partial charge in [-0.1, -0.05) is 41.9 Å². The maximum atomic E-state index is 12.1. The fraction of sp³-hybridized carbons (Fsp3) is 0.133. The minimum absolute atomic E-state index is 0.0811. The molecule has 0 aromatic heterocycles. The van der Waals surface area contributed by atoms with E-state index in [-0.39, 0.29) is 12.1 Å². The van der Waals surface area contributed by atoms with E-state index < -0.39 is 0 Å². The molecule has 2 aromatic rings. The number of para-hydroxylation sites is 1. The zero-order valence-electron chi connectivity index (χ0n) is 10.4. The lowest BCUT2D eigenvalue weighted by molar-refractivity contribution is 0.0935.